The first-order valence-electron chi connectivity index (χ1n) is 50.1. The molecular weight excluding hydrogens is 1990 g/mol. The van der Waals surface area contributed by atoms with Gasteiger partial charge in [0.15, 0.2) is 0 Å². The predicted molar refractivity (Wildman–Crippen MR) is 543 cm³/mol. The fourth-order valence-corrected chi connectivity index (χ4v) is 19.9. The first-order valence-corrected chi connectivity index (χ1v) is 52.4. The van der Waals surface area contributed by atoms with E-state index in [1.165, 1.54) is 16.7 Å². The van der Waals surface area contributed by atoms with Gasteiger partial charge in [0.05, 0.1) is 89.1 Å². The van der Waals surface area contributed by atoms with E-state index >= 15 is 0 Å². The Morgan fingerprint density at radius 2 is 0.705 bits per heavy atom. The first kappa shape index (κ1) is 139. The minimum Gasteiger partial charge on any atom is -0.481 e. The number of ether oxygens (including phenoxy) is 2. The highest BCUT2D eigenvalue weighted by Crippen LogP contribution is 2.43. The van der Waals surface area contributed by atoms with Crippen molar-refractivity contribution in [3.8, 4) is 0 Å². The molecular formula is C99H182F13N13O19S2. The molecule has 9 saturated heterocycles. The Balaban J connectivity index is 0.000000823. The number of thioether (sulfide) groups is 2. The van der Waals surface area contributed by atoms with E-state index in [2.05, 4.69) is 95.8 Å². The number of aliphatic hydroxyl groups is 1. The fraction of sp³-hybridized carbons (Fsp3) is 0.919. The van der Waals surface area contributed by atoms with Crippen LogP contribution in [-0.2, 0) is 47.8 Å². The Hall–Kier alpha value is -5.09. The van der Waals surface area contributed by atoms with Gasteiger partial charge < -0.3 is 55.4 Å². The molecule has 9 aliphatic heterocycles. The number of carboxylic acid groups (broad SMARTS) is 8. The third-order valence-corrected chi connectivity index (χ3v) is 28.8. The van der Waals surface area contributed by atoms with Crippen molar-refractivity contribution in [3.63, 3.8) is 0 Å². The highest BCUT2D eigenvalue weighted by molar-refractivity contribution is 8.00. The van der Waals surface area contributed by atoms with Crippen molar-refractivity contribution in [3.05, 3.63) is 0 Å². The maximum Gasteiger partial charge on any atom is 0.329 e. The zero-order valence-corrected chi connectivity index (χ0v) is 93.8. The molecule has 14 unspecified atom stereocenters. The monoisotopic (exact) mass is 2170 g/mol. The number of halogens is 13. The van der Waals surface area contributed by atoms with Gasteiger partial charge in [0.2, 0.25) is 0 Å². The summed E-state index contributed by atoms with van der Waals surface area (Å²) in [6, 6.07) is 0.504. The Morgan fingerprint density at radius 3 is 1.08 bits per heavy atom. The molecule has 9 aliphatic rings. The van der Waals surface area contributed by atoms with Crippen LogP contribution in [0, 0.1) is 35.5 Å². The second-order valence-corrected chi connectivity index (χ2v) is 49.9. The van der Waals surface area contributed by atoms with Gasteiger partial charge in [-0.25, -0.2) is 66.7 Å². The van der Waals surface area contributed by atoms with Gasteiger partial charge >= 0.3 is 47.8 Å². The highest BCUT2D eigenvalue weighted by atomic mass is 32.2. The SMILES string of the molecule is CC(C)(C)N1CC(COCC(=O)O)C(F)(F)C1.CC(C)(C)N1CC(CSCC(=O)O)C(F)(F)C1.CC(C)(C)N1CCC(O)C(F)C1.CC(C)N1CC(F)C(COCC(=O)O)C1.CC(C)N1CC(F)C(CSCC(=O)O)C1.CN(CC(=O)O)CC1CC(F)(F)CN1C(C)(C)C.CN(CC(=O)O)CC1CC(F)CN1C(C)(C)C.CN(CC(=O)O)CC1CN(C(C)(C)C)CC1(F)F.CN(CC(=O)O)CC1CN(C(C)(C)C)CC1F. The molecule has 32 nitrogen and oxygen atoms in total. The Labute approximate surface area is 867 Å². The molecule has 0 aromatic heterocycles. The summed E-state index contributed by atoms with van der Waals surface area (Å²) in [6.07, 6.45) is -4.31. The third-order valence-electron chi connectivity index (χ3n) is 26.6. The molecule has 0 amide bonds. The Kier molecular flexibility index (Phi) is 57.7. The first-order chi connectivity index (χ1) is 66.1. The topological polar surface area (TPSA) is 379 Å². The third kappa shape index (κ3) is 54.1. The number of piperidine rings is 1. The summed E-state index contributed by atoms with van der Waals surface area (Å²) in [4.78, 5) is 107. The van der Waals surface area contributed by atoms with E-state index < -0.39 is 133 Å². The molecule has 0 aliphatic carbocycles. The van der Waals surface area contributed by atoms with Gasteiger partial charge in [0, 0.05) is 215 Å². The van der Waals surface area contributed by atoms with Crippen molar-refractivity contribution < 1.29 is 151 Å². The van der Waals surface area contributed by atoms with Crippen LogP contribution in [0.3, 0.4) is 0 Å². The summed E-state index contributed by atoms with van der Waals surface area (Å²) < 4.78 is 187. The minimum absolute atomic E-state index is 0.00301. The lowest BCUT2D eigenvalue weighted by Crippen LogP contribution is -2.52. The van der Waals surface area contributed by atoms with Crippen molar-refractivity contribution in [1.82, 2.24) is 63.7 Å². The van der Waals surface area contributed by atoms with Crippen LogP contribution < -0.4 is 0 Å². The van der Waals surface area contributed by atoms with Crippen molar-refractivity contribution in [2.24, 2.45) is 35.5 Å². The van der Waals surface area contributed by atoms with E-state index in [0.717, 1.165) is 24.9 Å². The second-order valence-electron chi connectivity index (χ2n) is 47.8. The van der Waals surface area contributed by atoms with Gasteiger partial charge in [-0.2, -0.15) is 0 Å². The molecule has 9 rings (SSSR count). The molecule has 860 valence electrons. The van der Waals surface area contributed by atoms with Crippen LogP contribution in [0.2, 0.25) is 0 Å². The van der Waals surface area contributed by atoms with E-state index in [1.807, 2.05) is 102 Å². The molecule has 0 aromatic rings. The van der Waals surface area contributed by atoms with Crippen molar-refractivity contribution in [1.29, 1.82) is 0 Å². The minimum atomic E-state index is -2.81. The number of aliphatic carboxylic acids is 8. The van der Waals surface area contributed by atoms with E-state index in [4.69, 9.17) is 55.4 Å². The number of rotatable bonds is 34. The predicted octanol–water partition coefficient (Wildman–Crippen LogP) is 12.2. The molecule has 0 bridgehead atoms. The Morgan fingerprint density at radius 1 is 0.356 bits per heavy atom. The van der Waals surface area contributed by atoms with Crippen molar-refractivity contribution in [2.75, 3.05) is 235 Å². The van der Waals surface area contributed by atoms with E-state index in [-0.39, 0.29) is 178 Å². The molecule has 146 heavy (non-hydrogen) atoms. The largest absolute Gasteiger partial charge is 0.481 e. The van der Waals surface area contributed by atoms with E-state index in [1.54, 1.807) is 62.5 Å². The van der Waals surface area contributed by atoms with Crippen molar-refractivity contribution >= 4 is 71.3 Å². The van der Waals surface area contributed by atoms with Crippen LogP contribution in [0.15, 0.2) is 0 Å². The standard InChI is InChI=1S/2C12H22F2N2O2.2C12H23FN2O2.C11H19F2NO3.C11H19F2NO2S.C10H18FNO3.C10H18FNO2S.C9H18FNO/c1-11(2,3)16-6-9(12(13,14)8-16)5-15(4)7-10(17)18;1-11(2,3)16-8-12(13,14)5-9(16)6-15(4)7-10(17)18;1-12(2,3)15-6-9(10(13)7-15)5-14(4)8-11(16)17;1-12(2,3)15-6-9(13)5-10(15)7-14(4)8-11(16)17;2*1-10(2,3)14-4-8(11(12,13)7-14)5-17-6-9(15)16;2*1-7(2)12-3-8(9(11)4-12)5-15-6-10(13)14;1-9(2,3)11-5-4-8(12)7(10)6-11/h2*9H,5-8H2,1-4H3,(H,17,18);2*9-10H,5-8H2,1-4H3,(H,16,17);2*8H,4-7H2,1-3H3,(H,15,16);2*7-9H,3-6H2,1-2H3,(H,13,14);7-8,12H,4-6H2,1-3H3. The van der Waals surface area contributed by atoms with Crippen LogP contribution in [-0.4, -0.2) is 516 Å². The summed E-state index contributed by atoms with van der Waals surface area (Å²) in [5.74, 6) is -20.5. The summed E-state index contributed by atoms with van der Waals surface area (Å²) in [5.41, 5.74) is -1.29. The summed E-state index contributed by atoms with van der Waals surface area (Å²) in [7, 11) is 6.69. The molecule has 0 spiro atoms. The number of likely N-dealkylation sites (N-methyl/N-ethyl adjacent to an activating group) is 4. The van der Waals surface area contributed by atoms with Crippen LogP contribution in [0.25, 0.3) is 0 Å². The van der Waals surface area contributed by atoms with Crippen LogP contribution >= 0.6 is 23.5 Å². The van der Waals surface area contributed by atoms with Crippen LogP contribution in [0.1, 0.15) is 192 Å². The summed E-state index contributed by atoms with van der Waals surface area (Å²) in [5, 5.41) is 77.5. The van der Waals surface area contributed by atoms with E-state index in [9.17, 15) is 95.4 Å². The maximum atomic E-state index is 13.9. The van der Waals surface area contributed by atoms with Gasteiger partial charge in [-0.15, -0.1) is 23.5 Å². The lowest BCUT2D eigenvalue weighted by atomic mass is 9.98. The molecule has 0 aromatic carbocycles. The second kappa shape index (κ2) is 60.7. The lowest BCUT2D eigenvalue weighted by Gasteiger charge is -2.41. The number of likely N-dealkylation sites (tertiary alicyclic amines) is 9. The molecule has 47 heteroatoms. The molecule has 9 N–H and O–H groups in total. The lowest BCUT2D eigenvalue weighted by molar-refractivity contribution is -0.144. The summed E-state index contributed by atoms with van der Waals surface area (Å²) >= 11 is 2.38. The number of nitrogens with zero attached hydrogens (tertiary/aromatic N) is 13. The summed E-state index contributed by atoms with van der Waals surface area (Å²) in [6.45, 7) is 54.8. The number of hydrogen-bond acceptors (Lipinski definition) is 26. The van der Waals surface area contributed by atoms with Crippen LogP contribution in [0.4, 0.5) is 57.1 Å². The molecule has 0 radical (unpaired) electrons. The fourth-order valence-electron chi connectivity index (χ4n) is 18.1. The van der Waals surface area contributed by atoms with Gasteiger partial charge in [0.1, 0.15) is 44.1 Å². The zero-order chi connectivity index (χ0) is 113. The quantitative estimate of drug-likeness (QED) is 0.0270. The van der Waals surface area contributed by atoms with Gasteiger partial charge in [-0.05, 0) is 214 Å². The molecule has 9 heterocycles. The molecule has 14 atom stereocenters. The smallest absolute Gasteiger partial charge is 0.329 e. The number of aliphatic hydroxyl groups excluding tert-OH is 1. The number of hydrogen-bond donors (Lipinski definition) is 9. The van der Waals surface area contributed by atoms with E-state index in [0.29, 0.717) is 109 Å². The maximum absolute atomic E-state index is 13.9. The average Bonchev–Trinajstić information content (AvgIpc) is 1.65. The van der Waals surface area contributed by atoms with Crippen molar-refractivity contribution in [2.45, 2.75) is 316 Å². The molecule has 0 saturated carbocycles. The Bertz CT molecular complexity index is 3790. The number of carbonyl (C=O) groups is 8. The number of carboxylic acids is 8. The van der Waals surface area contributed by atoms with Crippen LogP contribution in [0.5, 0.6) is 0 Å². The average molecular weight is 2170 g/mol. The highest BCUT2D eigenvalue weighted by Gasteiger charge is 2.55. The molecule has 9 fully saturated rings. The van der Waals surface area contributed by atoms with Gasteiger partial charge in [-0.1, -0.05) is 0 Å². The number of alkyl halides is 13. The normalized spacial score (nSPS) is 26.6. The van der Waals surface area contributed by atoms with Gasteiger partial charge in [0.25, 0.3) is 23.7 Å². The van der Waals surface area contributed by atoms with Gasteiger partial charge in [-0.3, -0.25) is 92.5 Å². The zero-order valence-electron chi connectivity index (χ0n) is 92.1.